The summed E-state index contributed by atoms with van der Waals surface area (Å²) < 4.78 is 11.1. The molecule has 3 heterocycles. The van der Waals surface area contributed by atoms with Crippen LogP contribution in [0, 0.1) is 11.8 Å². The second-order valence-electron chi connectivity index (χ2n) is 8.45. The van der Waals surface area contributed by atoms with Gasteiger partial charge in [-0.05, 0) is 36.0 Å². The number of nitrogens with zero attached hydrogens (tertiary/aromatic N) is 1. The molecule has 0 radical (unpaired) electrons. The summed E-state index contributed by atoms with van der Waals surface area (Å²) in [6.07, 6.45) is 1.19. The number of rotatable bonds is 4. The molecule has 4 atom stereocenters. The highest BCUT2D eigenvalue weighted by atomic mass is 16.5. The smallest absolute Gasteiger partial charge is 0.276 e. The molecule has 0 aromatic heterocycles. The summed E-state index contributed by atoms with van der Waals surface area (Å²) in [6, 6.07) is 7.52. The fourth-order valence-electron chi connectivity index (χ4n) is 4.18. The van der Waals surface area contributed by atoms with E-state index in [0.29, 0.717) is 5.75 Å². The highest BCUT2D eigenvalue weighted by molar-refractivity contribution is 6.07. The summed E-state index contributed by atoms with van der Waals surface area (Å²) in [5, 5.41) is 0.859. The van der Waals surface area contributed by atoms with Crippen LogP contribution in [0.4, 0.5) is 0 Å². The van der Waals surface area contributed by atoms with Crippen LogP contribution in [0.15, 0.2) is 24.3 Å². The Balaban J connectivity index is 1.33. The summed E-state index contributed by atoms with van der Waals surface area (Å²) in [5.74, 6) is -1.64. The molecule has 27 heavy (non-hydrogen) atoms. The van der Waals surface area contributed by atoms with Gasteiger partial charge in [-0.1, -0.05) is 32.9 Å². The molecule has 0 aliphatic carbocycles. The zero-order chi connectivity index (χ0) is 19.3. The first kappa shape index (κ1) is 18.0. The first-order valence-electron chi connectivity index (χ1n) is 9.32. The van der Waals surface area contributed by atoms with E-state index in [1.165, 1.54) is 0 Å². The van der Waals surface area contributed by atoms with Gasteiger partial charge < -0.3 is 9.47 Å². The molecule has 4 rings (SSSR count). The topological polar surface area (TPSA) is 84.9 Å². The van der Waals surface area contributed by atoms with E-state index in [9.17, 15) is 14.4 Å². The van der Waals surface area contributed by atoms with Crippen molar-refractivity contribution in [2.24, 2.45) is 11.8 Å². The molecule has 0 spiro atoms. The van der Waals surface area contributed by atoms with Crippen LogP contribution in [0.2, 0.25) is 0 Å². The van der Waals surface area contributed by atoms with Crippen molar-refractivity contribution in [2.45, 2.75) is 51.2 Å². The zero-order valence-corrected chi connectivity index (χ0v) is 15.7. The van der Waals surface area contributed by atoms with Crippen LogP contribution in [0.1, 0.15) is 39.2 Å². The Morgan fingerprint density at radius 2 is 1.67 bits per heavy atom. The number of hydrogen-bond donors (Lipinski definition) is 1. The number of carbonyl (C=O) groups excluding carboxylic acids is 3. The third kappa shape index (κ3) is 3.10. The maximum atomic E-state index is 12.5. The minimum absolute atomic E-state index is 0.0353. The Kier molecular flexibility index (Phi) is 4.22. The molecule has 0 unspecified atom stereocenters. The van der Waals surface area contributed by atoms with Crippen molar-refractivity contribution in [1.29, 1.82) is 0 Å². The maximum Gasteiger partial charge on any atom is 0.276 e. The Hall–Kier alpha value is -2.41. The average Bonchev–Trinajstić information content (AvgIpc) is 3.29. The van der Waals surface area contributed by atoms with Crippen molar-refractivity contribution in [3.63, 3.8) is 0 Å². The molecule has 144 valence electrons. The molecule has 3 fully saturated rings. The highest BCUT2D eigenvalue weighted by Crippen LogP contribution is 2.47. The van der Waals surface area contributed by atoms with E-state index in [1.54, 1.807) is 12.1 Å². The quantitative estimate of drug-likeness (QED) is 0.811. The van der Waals surface area contributed by atoms with Gasteiger partial charge in [0.15, 0.2) is 6.61 Å². The van der Waals surface area contributed by atoms with Gasteiger partial charge in [0.25, 0.3) is 17.7 Å². The fraction of sp³-hybridized carbons (Fsp3) is 0.550. The standard InChI is InChI=1S/C20H24N2O5/c1-20(2,3)11-4-6-12(7-5-11)26-10-15(23)21-22-18(24)16-13-8-9-14(27-13)17(16)19(22)25/h4-7,13-14,16-17H,8-10H2,1-3H3,(H,21,23)/t13-,14-,16-,17+/m0/s1. The van der Waals surface area contributed by atoms with Gasteiger partial charge in [0, 0.05) is 0 Å². The van der Waals surface area contributed by atoms with E-state index in [1.807, 2.05) is 12.1 Å². The summed E-state index contributed by atoms with van der Waals surface area (Å²) in [7, 11) is 0. The molecule has 0 saturated carbocycles. The van der Waals surface area contributed by atoms with Gasteiger partial charge in [-0.2, -0.15) is 5.01 Å². The molecule has 3 aliphatic heterocycles. The molecule has 3 aliphatic rings. The van der Waals surface area contributed by atoms with Crippen molar-refractivity contribution in [2.75, 3.05) is 6.61 Å². The number of carbonyl (C=O) groups is 3. The fourth-order valence-corrected chi connectivity index (χ4v) is 4.18. The van der Waals surface area contributed by atoms with Crippen molar-refractivity contribution in [1.82, 2.24) is 10.4 Å². The van der Waals surface area contributed by atoms with E-state index in [0.717, 1.165) is 23.4 Å². The highest BCUT2D eigenvalue weighted by Gasteiger charge is 2.62. The zero-order valence-electron chi connectivity index (χ0n) is 15.7. The van der Waals surface area contributed by atoms with E-state index in [2.05, 4.69) is 26.2 Å². The molecule has 3 saturated heterocycles. The number of ether oxygens (including phenoxy) is 2. The first-order chi connectivity index (χ1) is 12.8. The summed E-state index contributed by atoms with van der Waals surface area (Å²) >= 11 is 0. The summed E-state index contributed by atoms with van der Waals surface area (Å²) in [4.78, 5) is 37.2. The van der Waals surface area contributed by atoms with Crippen molar-refractivity contribution >= 4 is 17.7 Å². The van der Waals surface area contributed by atoms with Gasteiger partial charge in [0.2, 0.25) is 0 Å². The van der Waals surface area contributed by atoms with E-state index in [-0.39, 0.29) is 36.0 Å². The Morgan fingerprint density at radius 3 is 2.19 bits per heavy atom. The molecule has 1 aromatic carbocycles. The van der Waals surface area contributed by atoms with Crippen LogP contribution >= 0.6 is 0 Å². The Morgan fingerprint density at radius 1 is 1.11 bits per heavy atom. The molecular weight excluding hydrogens is 348 g/mol. The van der Waals surface area contributed by atoms with Crippen LogP contribution < -0.4 is 10.2 Å². The predicted octanol–water partition coefficient (Wildman–Crippen LogP) is 1.56. The molecule has 1 N–H and O–H groups in total. The lowest BCUT2D eigenvalue weighted by Gasteiger charge is -2.19. The van der Waals surface area contributed by atoms with E-state index < -0.39 is 17.7 Å². The van der Waals surface area contributed by atoms with E-state index >= 15 is 0 Å². The average molecular weight is 372 g/mol. The van der Waals surface area contributed by atoms with Crippen molar-refractivity contribution in [3.8, 4) is 5.75 Å². The third-order valence-electron chi connectivity index (χ3n) is 5.61. The molecule has 2 bridgehead atoms. The van der Waals surface area contributed by atoms with E-state index in [4.69, 9.17) is 9.47 Å². The normalized spacial score (nSPS) is 29.2. The molecule has 7 heteroatoms. The van der Waals surface area contributed by atoms with Crippen LogP contribution in [0.25, 0.3) is 0 Å². The van der Waals surface area contributed by atoms with Gasteiger partial charge in [0.05, 0.1) is 24.0 Å². The predicted molar refractivity (Wildman–Crippen MR) is 95.5 cm³/mol. The lowest BCUT2D eigenvalue weighted by atomic mass is 9.81. The number of hydrazine groups is 1. The van der Waals surface area contributed by atoms with Gasteiger partial charge >= 0.3 is 0 Å². The van der Waals surface area contributed by atoms with Crippen LogP contribution in [0.5, 0.6) is 5.75 Å². The number of fused-ring (bicyclic) bond motifs is 5. The van der Waals surface area contributed by atoms with Gasteiger partial charge in [-0.25, -0.2) is 0 Å². The lowest BCUT2D eigenvalue weighted by Crippen LogP contribution is -2.49. The lowest BCUT2D eigenvalue weighted by molar-refractivity contribution is -0.151. The minimum Gasteiger partial charge on any atom is -0.484 e. The second-order valence-corrected chi connectivity index (χ2v) is 8.45. The maximum absolute atomic E-state index is 12.5. The van der Waals surface area contributed by atoms with Gasteiger partial charge in [-0.3, -0.25) is 19.8 Å². The Bertz CT molecular complexity index is 755. The summed E-state index contributed by atoms with van der Waals surface area (Å²) in [5.41, 5.74) is 3.59. The van der Waals surface area contributed by atoms with Gasteiger partial charge in [-0.15, -0.1) is 0 Å². The van der Waals surface area contributed by atoms with Crippen molar-refractivity contribution < 1.29 is 23.9 Å². The largest absolute Gasteiger partial charge is 0.484 e. The molecule has 1 aromatic rings. The van der Waals surface area contributed by atoms with Gasteiger partial charge in [0.1, 0.15) is 5.75 Å². The van der Waals surface area contributed by atoms with Crippen LogP contribution in [-0.2, 0) is 24.5 Å². The molecule has 3 amide bonds. The first-order valence-corrected chi connectivity index (χ1v) is 9.32. The molecular formula is C20H24N2O5. The SMILES string of the molecule is CC(C)(C)c1ccc(OCC(=O)NN2C(=O)[C@@H]3[C@H](C2=O)[C@@H]2CC[C@@H]3O2)cc1. The minimum atomic E-state index is -0.537. The second kappa shape index (κ2) is 6.34. The summed E-state index contributed by atoms with van der Waals surface area (Å²) in [6.45, 7) is 6.08. The number of hydrogen-bond acceptors (Lipinski definition) is 5. The number of benzene rings is 1. The van der Waals surface area contributed by atoms with Crippen LogP contribution in [-0.4, -0.2) is 41.5 Å². The van der Waals surface area contributed by atoms with Crippen molar-refractivity contribution in [3.05, 3.63) is 29.8 Å². The number of nitrogens with one attached hydrogen (secondary N) is 1. The number of amides is 3. The number of imide groups is 1. The third-order valence-corrected chi connectivity index (χ3v) is 5.61. The Labute approximate surface area is 158 Å². The van der Waals surface area contributed by atoms with Crippen LogP contribution in [0.3, 0.4) is 0 Å². The monoisotopic (exact) mass is 372 g/mol. The molecule has 7 nitrogen and oxygen atoms in total.